The number of hydrogen-bond acceptors (Lipinski definition) is 6. The van der Waals surface area contributed by atoms with E-state index < -0.39 is 32.5 Å². The Morgan fingerprint density at radius 1 is 1.25 bits per heavy atom. The van der Waals surface area contributed by atoms with Gasteiger partial charge in [0, 0.05) is 24.2 Å². The molecule has 2 aliphatic carbocycles. The molecule has 4 rings (SSSR count). The third-order valence-corrected chi connectivity index (χ3v) is 9.02. The highest BCUT2D eigenvalue weighted by molar-refractivity contribution is 7.92. The number of Topliss-reactive ketones (excluding diaryl/α,β-unsaturated/α-hetero) is 1. The maximum absolute atomic E-state index is 13.5. The fraction of sp³-hybridized carbons (Fsp3) is 0.455. The molecule has 3 atom stereocenters. The van der Waals surface area contributed by atoms with Gasteiger partial charge in [-0.1, -0.05) is 11.6 Å². The van der Waals surface area contributed by atoms with E-state index >= 15 is 0 Å². The molecule has 2 aliphatic rings. The number of nitrogens with zero attached hydrogens (tertiary/aromatic N) is 3. The van der Waals surface area contributed by atoms with Crippen LogP contribution in [0.1, 0.15) is 39.0 Å². The molecule has 2 fully saturated rings. The summed E-state index contributed by atoms with van der Waals surface area (Å²) < 4.78 is 28.6. The van der Waals surface area contributed by atoms with E-state index in [1.54, 1.807) is 29.2 Å². The van der Waals surface area contributed by atoms with Gasteiger partial charge in [-0.3, -0.25) is 9.59 Å². The number of sulfone groups is 1. The summed E-state index contributed by atoms with van der Waals surface area (Å²) in [6.07, 6.45) is 4.98. The largest absolute Gasteiger partial charge is 0.338 e. The molecule has 0 spiro atoms. The summed E-state index contributed by atoms with van der Waals surface area (Å²) in [5, 5.41) is 15.3. The Morgan fingerprint density at radius 3 is 2.53 bits per heavy atom. The lowest BCUT2D eigenvalue weighted by molar-refractivity contribution is -0.128. The number of aromatic nitrogens is 2. The van der Waals surface area contributed by atoms with E-state index in [1.807, 2.05) is 0 Å². The molecule has 10 heteroatoms. The maximum Gasteiger partial charge on any atom is 0.224 e. The van der Waals surface area contributed by atoms with Gasteiger partial charge in [-0.05, 0) is 63.3 Å². The standard InChI is InChI=1S/C22H23ClN4O4S/c1-14(28)15-9-16(21(29)26-22(13-24)5-6-22)11-18(10-15)32(30,31)20-4-3-17(12-19(20)23)27-8-2-7-25-27/h2-4,7-8,12,15-16,18H,5-6,9-11H2,1H3,(H,26,29). The van der Waals surface area contributed by atoms with Crippen LogP contribution < -0.4 is 5.32 Å². The van der Waals surface area contributed by atoms with Gasteiger partial charge in [0.25, 0.3) is 0 Å². The van der Waals surface area contributed by atoms with Gasteiger partial charge in [0.05, 0.1) is 26.9 Å². The molecular formula is C22H23ClN4O4S. The predicted octanol–water partition coefficient (Wildman–Crippen LogP) is 2.85. The number of nitrogens with one attached hydrogen (secondary N) is 1. The van der Waals surface area contributed by atoms with Gasteiger partial charge in [-0.15, -0.1) is 0 Å². The molecule has 2 aromatic rings. The molecule has 1 amide bonds. The molecule has 0 aliphatic heterocycles. The summed E-state index contributed by atoms with van der Waals surface area (Å²) in [7, 11) is -3.90. The summed E-state index contributed by atoms with van der Waals surface area (Å²) >= 11 is 6.36. The quantitative estimate of drug-likeness (QED) is 0.686. The fourth-order valence-electron chi connectivity index (χ4n) is 4.26. The molecule has 1 aromatic carbocycles. The van der Waals surface area contributed by atoms with Crippen LogP contribution in [0.15, 0.2) is 41.6 Å². The molecule has 32 heavy (non-hydrogen) atoms. The number of ketones is 1. The molecule has 8 nitrogen and oxygen atoms in total. The summed E-state index contributed by atoms with van der Waals surface area (Å²) in [6.45, 7) is 1.41. The number of carbonyl (C=O) groups is 2. The second-order valence-corrected chi connectivity index (χ2v) is 11.2. The van der Waals surface area contributed by atoms with E-state index in [4.69, 9.17) is 11.6 Å². The molecular weight excluding hydrogens is 452 g/mol. The average Bonchev–Trinajstić information content (AvgIpc) is 3.31. The monoisotopic (exact) mass is 474 g/mol. The minimum atomic E-state index is -3.90. The van der Waals surface area contributed by atoms with Crippen LogP contribution in [-0.4, -0.2) is 40.7 Å². The lowest BCUT2D eigenvalue weighted by Crippen LogP contribution is -2.45. The fourth-order valence-corrected chi connectivity index (χ4v) is 6.67. The van der Waals surface area contributed by atoms with Gasteiger partial charge in [0.15, 0.2) is 9.84 Å². The van der Waals surface area contributed by atoms with Crippen molar-refractivity contribution >= 4 is 33.1 Å². The number of rotatable bonds is 6. The number of nitriles is 1. The number of carbonyl (C=O) groups excluding carboxylic acids is 2. The van der Waals surface area contributed by atoms with Gasteiger partial charge >= 0.3 is 0 Å². The minimum Gasteiger partial charge on any atom is -0.338 e. The van der Waals surface area contributed by atoms with E-state index in [2.05, 4.69) is 16.5 Å². The first-order valence-electron chi connectivity index (χ1n) is 10.4. The molecule has 0 bridgehead atoms. The topological polar surface area (TPSA) is 122 Å². The van der Waals surface area contributed by atoms with Gasteiger partial charge in [0.1, 0.15) is 11.3 Å². The normalized spacial score (nSPS) is 24.3. The highest BCUT2D eigenvalue weighted by atomic mass is 35.5. The first kappa shape index (κ1) is 22.5. The Bertz CT molecular complexity index is 1200. The minimum absolute atomic E-state index is 0.0286. The van der Waals surface area contributed by atoms with Crippen LogP contribution in [0.2, 0.25) is 5.02 Å². The Morgan fingerprint density at radius 2 is 1.97 bits per heavy atom. The lowest BCUT2D eigenvalue weighted by Gasteiger charge is -2.33. The molecule has 2 saturated carbocycles. The maximum atomic E-state index is 13.5. The molecule has 3 unspecified atom stereocenters. The number of halogens is 1. The third kappa shape index (κ3) is 4.30. The Balaban J connectivity index is 1.60. The van der Waals surface area contributed by atoms with Crippen molar-refractivity contribution in [3.63, 3.8) is 0 Å². The zero-order valence-corrected chi connectivity index (χ0v) is 19.1. The van der Waals surface area contributed by atoms with Gasteiger partial charge in [0.2, 0.25) is 5.91 Å². The van der Waals surface area contributed by atoms with Crippen molar-refractivity contribution in [1.29, 1.82) is 5.26 Å². The van der Waals surface area contributed by atoms with Crippen molar-refractivity contribution < 1.29 is 18.0 Å². The van der Waals surface area contributed by atoms with Crippen LogP contribution in [0.5, 0.6) is 0 Å². The van der Waals surface area contributed by atoms with Crippen molar-refractivity contribution in [2.24, 2.45) is 11.8 Å². The van der Waals surface area contributed by atoms with E-state index in [9.17, 15) is 23.3 Å². The highest BCUT2D eigenvalue weighted by Crippen LogP contribution is 2.40. The Labute approximate surface area is 191 Å². The second kappa shape index (κ2) is 8.34. The van der Waals surface area contributed by atoms with Crippen molar-refractivity contribution in [1.82, 2.24) is 15.1 Å². The van der Waals surface area contributed by atoms with E-state index in [0.717, 1.165) is 0 Å². The average molecular weight is 475 g/mol. The van der Waals surface area contributed by atoms with Crippen molar-refractivity contribution in [3.8, 4) is 11.8 Å². The second-order valence-electron chi connectivity index (χ2n) is 8.63. The molecule has 1 aromatic heterocycles. The molecule has 0 saturated heterocycles. The molecule has 1 heterocycles. The number of hydrogen-bond donors (Lipinski definition) is 1. The van der Waals surface area contributed by atoms with Crippen LogP contribution in [0.3, 0.4) is 0 Å². The van der Waals surface area contributed by atoms with Crippen molar-refractivity contribution in [2.75, 3.05) is 0 Å². The van der Waals surface area contributed by atoms with Crippen LogP contribution in [-0.2, 0) is 19.4 Å². The predicted molar refractivity (Wildman–Crippen MR) is 117 cm³/mol. The molecule has 0 radical (unpaired) electrons. The van der Waals surface area contributed by atoms with Crippen molar-refractivity contribution in [3.05, 3.63) is 41.7 Å². The van der Waals surface area contributed by atoms with Gasteiger partial charge < -0.3 is 5.32 Å². The smallest absolute Gasteiger partial charge is 0.224 e. The number of benzene rings is 1. The lowest BCUT2D eigenvalue weighted by atomic mass is 9.79. The van der Waals surface area contributed by atoms with Gasteiger partial charge in [-0.2, -0.15) is 10.4 Å². The Hall–Kier alpha value is -2.70. The van der Waals surface area contributed by atoms with Gasteiger partial charge in [-0.25, -0.2) is 13.1 Å². The summed E-state index contributed by atoms with van der Waals surface area (Å²) in [4.78, 5) is 25.0. The van der Waals surface area contributed by atoms with E-state index in [0.29, 0.717) is 18.5 Å². The summed E-state index contributed by atoms with van der Waals surface area (Å²) in [5.41, 5.74) is -0.229. The van der Waals surface area contributed by atoms with Crippen LogP contribution in [0.25, 0.3) is 5.69 Å². The molecule has 168 valence electrons. The zero-order chi connectivity index (χ0) is 23.1. The third-order valence-electron chi connectivity index (χ3n) is 6.37. The van der Waals surface area contributed by atoms with Crippen molar-refractivity contribution in [2.45, 2.75) is 54.7 Å². The SMILES string of the molecule is CC(=O)C1CC(C(=O)NC2(C#N)CC2)CC(S(=O)(=O)c2ccc(-n3cccn3)cc2Cl)C1. The Kier molecular flexibility index (Phi) is 5.86. The first-order valence-corrected chi connectivity index (χ1v) is 12.3. The van der Waals surface area contributed by atoms with Crippen LogP contribution in [0.4, 0.5) is 0 Å². The number of amides is 1. The molecule has 1 N–H and O–H groups in total. The summed E-state index contributed by atoms with van der Waals surface area (Å²) in [5.74, 6) is -1.72. The van der Waals surface area contributed by atoms with Crippen LogP contribution in [0, 0.1) is 23.2 Å². The van der Waals surface area contributed by atoms with E-state index in [-0.39, 0.29) is 40.9 Å². The zero-order valence-electron chi connectivity index (χ0n) is 17.5. The highest BCUT2D eigenvalue weighted by Gasteiger charge is 2.48. The summed E-state index contributed by atoms with van der Waals surface area (Å²) in [6, 6.07) is 8.43. The van der Waals surface area contributed by atoms with Crippen LogP contribution >= 0.6 is 11.6 Å². The van der Waals surface area contributed by atoms with E-state index in [1.165, 1.54) is 19.1 Å². The first-order chi connectivity index (χ1) is 15.1.